The van der Waals surface area contributed by atoms with Gasteiger partial charge in [0.2, 0.25) is 5.95 Å². The summed E-state index contributed by atoms with van der Waals surface area (Å²) < 4.78 is 5.42. The van der Waals surface area contributed by atoms with Crippen LogP contribution in [-0.4, -0.2) is 53.6 Å². The minimum Gasteiger partial charge on any atom is -0.411 e. The first kappa shape index (κ1) is 22.6. The molecule has 0 bridgehead atoms. The molecule has 0 spiro atoms. The third-order valence-electron chi connectivity index (χ3n) is 4.94. The third-order valence-corrected chi connectivity index (χ3v) is 6.05. The lowest BCUT2D eigenvalue weighted by Gasteiger charge is -2.28. The van der Waals surface area contributed by atoms with E-state index in [9.17, 15) is 4.79 Å². The fourth-order valence-corrected chi connectivity index (χ4v) is 4.08. The second kappa shape index (κ2) is 10.8. The molecule has 3 aromatic rings. The quantitative estimate of drug-likeness (QED) is 0.209. The third kappa shape index (κ3) is 6.21. The molecule has 33 heavy (non-hydrogen) atoms. The number of nitrogens with one attached hydrogen (secondary N) is 2. The molecule has 0 atom stereocenters. The van der Waals surface area contributed by atoms with E-state index in [-0.39, 0.29) is 0 Å². The molecule has 1 amide bonds. The topological polar surface area (TPSA) is 112 Å². The number of carbonyl (C=O) groups is 1. The maximum absolute atomic E-state index is 11.5. The van der Waals surface area contributed by atoms with Gasteiger partial charge in [0, 0.05) is 46.8 Å². The van der Waals surface area contributed by atoms with E-state index in [0.29, 0.717) is 11.6 Å². The lowest BCUT2D eigenvalue weighted by molar-refractivity contribution is -0.110. The summed E-state index contributed by atoms with van der Waals surface area (Å²) in [5, 5.41) is 17.8. The Morgan fingerprint density at radius 1 is 1.12 bits per heavy atom. The maximum atomic E-state index is 11.5. The number of hydrogen-bond acceptors (Lipinski definition) is 9. The Kier molecular flexibility index (Phi) is 7.38. The average Bonchev–Trinajstić information content (AvgIpc) is 2.84. The summed E-state index contributed by atoms with van der Waals surface area (Å²) in [5.41, 5.74) is 3.66. The van der Waals surface area contributed by atoms with Crippen LogP contribution in [0, 0.1) is 6.92 Å². The molecule has 1 aliphatic rings. The molecule has 4 rings (SSSR count). The fraction of sp³-hybridized carbons (Fsp3) is 0.217. The van der Waals surface area contributed by atoms with Crippen molar-refractivity contribution in [1.29, 1.82) is 0 Å². The van der Waals surface area contributed by atoms with Gasteiger partial charge in [-0.3, -0.25) is 4.79 Å². The van der Waals surface area contributed by atoms with Gasteiger partial charge in [0.15, 0.2) is 0 Å². The lowest BCUT2D eigenvalue weighted by atomic mass is 10.2. The van der Waals surface area contributed by atoms with Crippen LogP contribution >= 0.6 is 11.8 Å². The van der Waals surface area contributed by atoms with Gasteiger partial charge >= 0.3 is 0 Å². The van der Waals surface area contributed by atoms with Crippen LogP contribution in [0.2, 0.25) is 0 Å². The van der Waals surface area contributed by atoms with Crippen LogP contribution < -0.4 is 15.5 Å². The van der Waals surface area contributed by atoms with Crippen molar-refractivity contribution in [3.05, 3.63) is 60.3 Å². The number of nitrogens with zero attached hydrogens (tertiary/aromatic N) is 4. The van der Waals surface area contributed by atoms with E-state index in [0.717, 1.165) is 53.7 Å². The van der Waals surface area contributed by atoms with Gasteiger partial charge in [0.05, 0.1) is 13.2 Å². The molecule has 1 aliphatic heterocycles. The normalized spacial score (nSPS) is 13.8. The van der Waals surface area contributed by atoms with E-state index in [4.69, 9.17) is 9.94 Å². The summed E-state index contributed by atoms with van der Waals surface area (Å²) in [7, 11) is 0. The highest BCUT2D eigenvalue weighted by Crippen LogP contribution is 2.30. The van der Waals surface area contributed by atoms with Crippen LogP contribution in [0.3, 0.4) is 0 Å². The first-order valence-electron chi connectivity index (χ1n) is 10.4. The van der Waals surface area contributed by atoms with Crippen molar-refractivity contribution in [2.75, 3.05) is 41.8 Å². The number of carbonyl (C=O) groups excluding carboxylic acids is 1. The zero-order valence-electron chi connectivity index (χ0n) is 18.1. The van der Waals surface area contributed by atoms with E-state index < -0.39 is 5.91 Å². The highest BCUT2D eigenvalue weighted by atomic mass is 32.2. The van der Waals surface area contributed by atoms with Crippen molar-refractivity contribution in [2.45, 2.75) is 16.8 Å². The van der Waals surface area contributed by atoms with Crippen molar-refractivity contribution >= 4 is 46.9 Å². The Morgan fingerprint density at radius 2 is 1.82 bits per heavy atom. The number of anilines is 4. The Hall–Kier alpha value is -3.63. The van der Waals surface area contributed by atoms with Gasteiger partial charge in [-0.25, -0.2) is 9.97 Å². The molecular weight excluding hydrogens is 440 g/mol. The van der Waals surface area contributed by atoms with Gasteiger partial charge in [-0.2, -0.15) is 0 Å². The van der Waals surface area contributed by atoms with Crippen LogP contribution in [0.15, 0.2) is 69.8 Å². The number of amides is 1. The Balaban J connectivity index is 1.41. The van der Waals surface area contributed by atoms with E-state index in [2.05, 4.69) is 42.8 Å². The molecule has 0 aliphatic carbocycles. The minimum atomic E-state index is -0.502. The summed E-state index contributed by atoms with van der Waals surface area (Å²) in [6.45, 7) is 5.28. The smallest absolute Gasteiger partial charge is 0.270 e. The monoisotopic (exact) mass is 464 g/mol. The molecule has 10 heteroatoms. The zero-order chi connectivity index (χ0) is 23.0. The van der Waals surface area contributed by atoms with Crippen molar-refractivity contribution in [1.82, 2.24) is 9.97 Å². The predicted octanol–water partition coefficient (Wildman–Crippen LogP) is 3.91. The highest BCUT2D eigenvalue weighted by Gasteiger charge is 2.11. The second-order valence-electron chi connectivity index (χ2n) is 7.31. The van der Waals surface area contributed by atoms with Crippen molar-refractivity contribution < 1.29 is 14.7 Å². The molecule has 3 N–H and O–H groups in total. The Morgan fingerprint density at radius 3 is 2.52 bits per heavy atom. The molecule has 1 fully saturated rings. The average molecular weight is 465 g/mol. The largest absolute Gasteiger partial charge is 0.411 e. The number of oxime groups is 1. The number of aromatic nitrogens is 2. The summed E-state index contributed by atoms with van der Waals surface area (Å²) in [6.07, 6.45) is 2.60. The number of aryl methyl sites for hydroxylation is 1. The van der Waals surface area contributed by atoms with Gasteiger partial charge in [-0.05, 0) is 55.5 Å². The van der Waals surface area contributed by atoms with E-state index in [1.54, 1.807) is 18.3 Å². The van der Waals surface area contributed by atoms with E-state index >= 15 is 0 Å². The molecule has 2 heterocycles. The summed E-state index contributed by atoms with van der Waals surface area (Å²) in [5.74, 6) is 0.0210. The van der Waals surface area contributed by atoms with Crippen LogP contribution in [0.1, 0.15) is 5.56 Å². The summed E-state index contributed by atoms with van der Waals surface area (Å²) in [4.78, 5) is 23.8. The number of benzene rings is 2. The van der Waals surface area contributed by atoms with Gasteiger partial charge < -0.3 is 25.5 Å². The van der Waals surface area contributed by atoms with Crippen molar-refractivity contribution in [3.63, 3.8) is 0 Å². The second-order valence-corrected chi connectivity index (χ2v) is 8.38. The van der Waals surface area contributed by atoms with Crippen molar-refractivity contribution in [3.8, 4) is 0 Å². The van der Waals surface area contributed by atoms with Gasteiger partial charge in [-0.1, -0.05) is 16.9 Å². The standard InChI is InChI=1S/C23H24N6O3S/c1-16-14-24-23(27-18-2-6-19(7-3-18)29-10-12-32-13-11-29)28-22(16)33-20-8-4-17(5-9-20)26-21(30)15-25-31/h2-9,14-15,31H,10-13H2,1H3,(H,26,30)(H,24,27,28)/b25-15+. The van der Waals surface area contributed by atoms with Crippen LogP contribution in [0.5, 0.6) is 0 Å². The minimum absolute atomic E-state index is 0.502. The fourth-order valence-electron chi connectivity index (χ4n) is 3.24. The number of hydrogen-bond donors (Lipinski definition) is 3. The van der Waals surface area contributed by atoms with Gasteiger partial charge in [0.1, 0.15) is 11.2 Å². The first-order chi connectivity index (χ1) is 16.1. The molecule has 9 nitrogen and oxygen atoms in total. The molecule has 0 unspecified atom stereocenters. The molecule has 2 aromatic carbocycles. The molecule has 0 radical (unpaired) electrons. The molecule has 1 saturated heterocycles. The van der Waals surface area contributed by atoms with E-state index in [1.807, 2.05) is 31.2 Å². The summed E-state index contributed by atoms with van der Waals surface area (Å²) >= 11 is 1.51. The van der Waals surface area contributed by atoms with Crippen LogP contribution in [0.4, 0.5) is 23.0 Å². The highest BCUT2D eigenvalue weighted by molar-refractivity contribution is 7.99. The molecule has 0 saturated carbocycles. The maximum Gasteiger partial charge on any atom is 0.270 e. The number of rotatable bonds is 7. The van der Waals surface area contributed by atoms with Gasteiger partial charge in [-0.15, -0.1) is 0 Å². The number of morpholine rings is 1. The van der Waals surface area contributed by atoms with Crippen LogP contribution in [-0.2, 0) is 9.53 Å². The first-order valence-corrected chi connectivity index (χ1v) is 11.2. The molecular formula is C23H24N6O3S. The SMILES string of the molecule is Cc1cnc(Nc2ccc(N3CCOCC3)cc2)nc1Sc1ccc(NC(=O)/C=N/O)cc1. The molecule has 1 aromatic heterocycles. The zero-order valence-corrected chi connectivity index (χ0v) is 18.9. The molecule has 170 valence electrons. The lowest BCUT2D eigenvalue weighted by Crippen LogP contribution is -2.36. The van der Waals surface area contributed by atoms with Crippen molar-refractivity contribution in [2.24, 2.45) is 5.16 Å². The van der Waals surface area contributed by atoms with E-state index in [1.165, 1.54) is 17.4 Å². The Labute approximate surface area is 195 Å². The van der Waals surface area contributed by atoms with Crippen LogP contribution in [0.25, 0.3) is 0 Å². The summed E-state index contributed by atoms with van der Waals surface area (Å²) in [6, 6.07) is 15.5. The Bertz CT molecular complexity index is 1120. The predicted molar refractivity (Wildman–Crippen MR) is 129 cm³/mol. The number of ether oxygens (including phenoxy) is 1. The van der Waals surface area contributed by atoms with Gasteiger partial charge in [0.25, 0.3) is 5.91 Å².